The van der Waals surface area contributed by atoms with Crippen LogP contribution in [0, 0.1) is 5.92 Å². The fraction of sp³-hybridized carbons (Fsp3) is 0.714. The number of hydrogen-bond donors (Lipinski definition) is 1. The van der Waals surface area contributed by atoms with E-state index in [4.69, 9.17) is 9.47 Å². The third kappa shape index (κ3) is 5.44. The summed E-state index contributed by atoms with van der Waals surface area (Å²) in [6.45, 7) is 5.58. The molecule has 0 radical (unpaired) electrons. The van der Waals surface area contributed by atoms with E-state index >= 15 is 0 Å². The number of rotatable bonds is 8. The van der Waals surface area contributed by atoms with Gasteiger partial charge in [0.2, 0.25) is 0 Å². The minimum absolute atomic E-state index is 0.0408. The van der Waals surface area contributed by atoms with E-state index in [2.05, 4.69) is 4.74 Å². The van der Waals surface area contributed by atoms with Gasteiger partial charge >= 0.3 is 23.9 Å². The highest BCUT2D eigenvalue weighted by molar-refractivity contribution is 5.94. The molecule has 22 heavy (non-hydrogen) atoms. The number of hydrogen-bond acceptors (Lipinski definition) is 8. The molecule has 2 unspecified atom stereocenters. The monoisotopic (exact) mass is 318 g/mol. The predicted molar refractivity (Wildman–Crippen MR) is 73.4 cm³/mol. The van der Waals surface area contributed by atoms with Gasteiger partial charge in [-0.1, -0.05) is 6.92 Å². The molecular weight excluding hydrogens is 296 g/mol. The van der Waals surface area contributed by atoms with Gasteiger partial charge in [0.05, 0.1) is 25.6 Å². The first-order chi connectivity index (χ1) is 10.2. The Bertz CT molecular complexity index is 431. The second-order valence-electron chi connectivity index (χ2n) is 4.50. The third-order valence-electron chi connectivity index (χ3n) is 2.86. The van der Waals surface area contributed by atoms with E-state index < -0.39 is 41.8 Å². The largest absolute Gasteiger partial charge is 0.466 e. The maximum absolute atomic E-state index is 12.0. The Kier molecular flexibility index (Phi) is 8.32. The van der Waals surface area contributed by atoms with E-state index in [-0.39, 0.29) is 19.6 Å². The highest BCUT2D eigenvalue weighted by atomic mass is 16.6. The van der Waals surface area contributed by atoms with Crippen LogP contribution < -0.4 is 0 Å². The number of carbonyl (C=O) groups is 4. The van der Waals surface area contributed by atoms with Gasteiger partial charge in [0.15, 0.2) is 5.60 Å². The molecule has 1 N–H and O–H groups in total. The molecule has 0 fully saturated rings. The lowest BCUT2D eigenvalue weighted by molar-refractivity contribution is -0.187. The van der Waals surface area contributed by atoms with E-state index in [0.717, 1.165) is 6.92 Å². The standard InChI is InChI=1S/C14H22O8/c1-5-10(12(17)22-9(4)15)14(19,13(18)21-7-3)8-11(16)20-6-2/h10,19H,5-8H2,1-4H3. The lowest BCUT2D eigenvalue weighted by atomic mass is 9.82. The molecule has 0 aliphatic carbocycles. The van der Waals surface area contributed by atoms with E-state index in [9.17, 15) is 24.3 Å². The van der Waals surface area contributed by atoms with Gasteiger partial charge in [-0.2, -0.15) is 0 Å². The Balaban J connectivity index is 5.49. The summed E-state index contributed by atoms with van der Waals surface area (Å²) < 4.78 is 13.9. The van der Waals surface area contributed by atoms with Gasteiger partial charge in [-0.25, -0.2) is 4.79 Å². The first-order valence-corrected chi connectivity index (χ1v) is 7.00. The van der Waals surface area contributed by atoms with E-state index in [1.807, 2.05) is 0 Å². The smallest absolute Gasteiger partial charge is 0.339 e. The average molecular weight is 318 g/mol. The molecule has 0 aromatic carbocycles. The molecule has 0 bridgehead atoms. The molecule has 0 rings (SSSR count). The normalized spacial score (nSPS) is 14.4. The summed E-state index contributed by atoms with van der Waals surface area (Å²) in [5.74, 6) is -5.43. The van der Waals surface area contributed by atoms with Crippen molar-refractivity contribution in [1.29, 1.82) is 0 Å². The van der Waals surface area contributed by atoms with Crippen LogP contribution in [0.25, 0.3) is 0 Å². The minimum atomic E-state index is -2.45. The van der Waals surface area contributed by atoms with Crippen molar-refractivity contribution >= 4 is 23.9 Å². The van der Waals surface area contributed by atoms with Crippen molar-refractivity contribution in [1.82, 2.24) is 0 Å². The van der Waals surface area contributed by atoms with Crippen molar-refractivity contribution in [3.8, 4) is 0 Å². The first-order valence-electron chi connectivity index (χ1n) is 7.00. The Morgan fingerprint density at radius 2 is 1.59 bits per heavy atom. The van der Waals surface area contributed by atoms with Crippen molar-refractivity contribution in [2.75, 3.05) is 13.2 Å². The van der Waals surface area contributed by atoms with Crippen molar-refractivity contribution < 1.29 is 38.5 Å². The summed E-state index contributed by atoms with van der Waals surface area (Å²) in [4.78, 5) is 46.5. The molecule has 0 spiro atoms. The molecule has 0 saturated heterocycles. The van der Waals surface area contributed by atoms with E-state index in [1.54, 1.807) is 6.92 Å². The van der Waals surface area contributed by atoms with Crippen LogP contribution in [-0.4, -0.2) is 47.8 Å². The fourth-order valence-corrected chi connectivity index (χ4v) is 1.94. The number of ether oxygens (including phenoxy) is 3. The molecule has 126 valence electrons. The second kappa shape index (κ2) is 9.14. The Labute approximate surface area is 128 Å². The first kappa shape index (κ1) is 20.0. The van der Waals surface area contributed by atoms with Gasteiger partial charge in [0.1, 0.15) is 0 Å². The number of carbonyl (C=O) groups excluding carboxylic acids is 4. The maximum atomic E-state index is 12.0. The van der Waals surface area contributed by atoms with Crippen LogP contribution in [0.15, 0.2) is 0 Å². The SMILES string of the molecule is CCOC(=O)CC(O)(C(=O)OCC)C(CC)C(=O)OC(C)=O. The third-order valence-corrected chi connectivity index (χ3v) is 2.86. The molecular formula is C14H22O8. The molecule has 0 amide bonds. The number of esters is 4. The van der Waals surface area contributed by atoms with Crippen LogP contribution in [0.4, 0.5) is 0 Å². The summed E-state index contributed by atoms with van der Waals surface area (Å²) in [5, 5.41) is 10.6. The van der Waals surface area contributed by atoms with Gasteiger partial charge in [0, 0.05) is 6.92 Å². The minimum Gasteiger partial charge on any atom is -0.466 e. The Morgan fingerprint density at radius 3 is 2.00 bits per heavy atom. The second-order valence-corrected chi connectivity index (χ2v) is 4.50. The topological polar surface area (TPSA) is 116 Å². The summed E-state index contributed by atoms with van der Waals surface area (Å²) in [5.41, 5.74) is -2.45. The quantitative estimate of drug-likeness (QED) is 0.387. The van der Waals surface area contributed by atoms with Crippen LogP contribution in [0.3, 0.4) is 0 Å². The molecule has 0 aliphatic rings. The molecule has 0 saturated carbocycles. The molecule has 0 heterocycles. The zero-order chi connectivity index (χ0) is 17.3. The fourth-order valence-electron chi connectivity index (χ4n) is 1.94. The Morgan fingerprint density at radius 1 is 1.05 bits per heavy atom. The lowest BCUT2D eigenvalue weighted by Crippen LogP contribution is -2.52. The van der Waals surface area contributed by atoms with E-state index in [1.165, 1.54) is 13.8 Å². The zero-order valence-electron chi connectivity index (χ0n) is 13.2. The molecule has 0 aliphatic heterocycles. The highest BCUT2D eigenvalue weighted by Gasteiger charge is 2.51. The summed E-state index contributed by atoms with van der Waals surface area (Å²) in [6.07, 6.45) is -0.813. The molecule has 8 nitrogen and oxygen atoms in total. The van der Waals surface area contributed by atoms with Gasteiger partial charge in [-0.3, -0.25) is 14.4 Å². The van der Waals surface area contributed by atoms with Gasteiger partial charge < -0.3 is 19.3 Å². The Hall–Kier alpha value is -1.96. The van der Waals surface area contributed by atoms with Crippen LogP contribution in [-0.2, 0) is 33.4 Å². The predicted octanol–water partition coefficient (Wildman–Crippen LogP) is 0.350. The molecule has 0 aromatic rings. The van der Waals surface area contributed by atoms with Crippen LogP contribution in [0.2, 0.25) is 0 Å². The zero-order valence-corrected chi connectivity index (χ0v) is 13.2. The van der Waals surface area contributed by atoms with Gasteiger partial charge in [-0.15, -0.1) is 0 Å². The molecule has 8 heteroatoms. The van der Waals surface area contributed by atoms with Crippen LogP contribution in [0.5, 0.6) is 0 Å². The van der Waals surface area contributed by atoms with Gasteiger partial charge in [0.25, 0.3) is 0 Å². The van der Waals surface area contributed by atoms with Gasteiger partial charge in [-0.05, 0) is 20.3 Å². The summed E-state index contributed by atoms with van der Waals surface area (Å²) in [6, 6.07) is 0. The van der Waals surface area contributed by atoms with Crippen molar-refractivity contribution in [2.45, 2.75) is 46.1 Å². The summed E-state index contributed by atoms with van der Waals surface area (Å²) >= 11 is 0. The van der Waals surface area contributed by atoms with Crippen molar-refractivity contribution in [2.24, 2.45) is 5.92 Å². The summed E-state index contributed by atoms with van der Waals surface area (Å²) in [7, 11) is 0. The number of aliphatic hydroxyl groups is 1. The molecule has 0 aromatic heterocycles. The van der Waals surface area contributed by atoms with Crippen LogP contribution in [0.1, 0.15) is 40.5 Å². The van der Waals surface area contributed by atoms with E-state index in [0.29, 0.717) is 0 Å². The van der Waals surface area contributed by atoms with Crippen molar-refractivity contribution in [3.63, 3.8) is 0 Å². The maximum Gasteiger partial charge on any atom is 0.339 e. The van der Waals surface area contributed by atoms with Crippen LogP contribution >= 0.6 is 0 Å². The average Bonchev–Trinajstić information content (AvgIpc) is 2.38. The molecule has 2 atom stereocenters. The lowest BCUT2D eigenvalue weighted by Gasteiger charge is -2.30. The highest BCUT2D eigenvalue weighted by Crippen LogP contribution is 2.28. The van der Waals surface area contributed by atoms with Crippen molar-refractivity contribution in [3.05, 3.63) is 0 Å².